The van der Waals surface area contributed by atoms with E-state index in [1.807, 2.05) is 0 Å². The van der Waals surface area contributed by atoms with E-state index in [9.17, 15) is 30.4 Å². The average Bonchev–Trinajstić information content (AvgIpc) is 3.26. The SMILES string of the molecule is CS(=O)(=O)N(Cc1ccc(-c2nnc(C(F)F)o2)s1)c1cncc(OC(F)(F)F)c1. The van der Waals surface area contributed by atoms with Crippen LogP contribution in [0.25, 0.3) is 10.8 Å². The average molecular weight is 470 g/mol. The van der Waals surface area contributed by atoms with Crippen molar-refractivity contribution in [1.29, 1.82) is 0 Å². The molecular weight excluding hydrogens is 459 g/mol. The summed E-state index contributed by atoms with van der Waals surface area (Å²) in [6.07, 6.45) is -5.20. The summed E-state index contributed by atoms with van der Waals surface area (Å²) in [5.41, 5.74) is -0.160. The third kappa shape index (κ3) is 5.41. The van der Waals surface area contributed by atoms with Gasteiger partial charge in [0.15, 0.2) is 0 Å². The lowest BCUT2D eigenvalue weighted by Gasteiger charge is -2.22. The number of thiophene rings is 1. The number of rotatable bonds is 7. The summed E-state index contributed by atoms with van der Waals surface area (Å²) in [7, 11) is -3.93. The van der Waals surface area contributed by atoms with Gasteiger partial charge in [-0.3, -0.25) is 9.29 Å². The first-order chi connectivity index (χ1) is 13.9. The molecule has 0 fully saturated rings. The largest absolute Gasteiger partial charge is 0.573 e. The van der Waals surface area contributed by atoms with Crippen molar-refractivity contribution in [3.63, 3.8) is 0 Å². The van der Waals surface area contributed by atoms with Crippen LogP contribution in [0.3, 0.4) is 0 Å². The Morgan fingerprint density at radius 1 is 1.23 bits per heavy atom. The highest BCUT2D eigenvalue weighted by Crippen LogP contribution is 2.32. The van der Waals surface area contributed by atoms with Crippen LogP contribution in [0.1, 0.15) is 17.2 Å². The van der Waals surface area contributed by atoms with Gasteiger partial charge in [-0.2, -0.15) is 8.78 Å². The minimum absolute atomic E-state index is 0.160. The number of aromatic nitrogens is 3. The topological polar surface area (TPSA) is 98.4 Å². The highest BCUT2D eigenvalue weighted by atomic mass is 32.2. The van der Waals surface area contributed by atoms with Crippen molar-refractivity contribution in [3.8, 4) is 16.5 Å². The van der Waals surface area contributed by atoms with E-state index in [0.29, 0.717) is 9.75 Å². The van der Waals surface area contributed by atoms with Crippen LogP contribution >= 0.6 is 11.3 Å². The molecule has 3 heterocycles. The molecule has 3 rings (SSSR count). The summed E-state index contributed by atoms with van der Waals surface area (Å²) in [6.45, 7) is -0.267. The van der Waals surface area contributed by atoms with Crippen LogP contribution < -0.4 is 9.04 Å². The molecule has 30 heavy (non-hydrogen) atoms. The van der Waals surface area contributed by atoms with Crippen molar-refractivity contribution in [1.82, 2.24) is 15.2 Å². The Morgan fingerprint density at radius 2 is 1.97 bits per heavy atom. The van der Waals surface area contributed by atoms with Crippen LogP contribution in [0.5, 0.6) is 5.75 Å². The number of ether oxygens (including phenoxy) is 1. The Morgan fingerprint density at radius 3 is 2.57 bits per heavy atom. The Kier molecular flexibility index (Phi) is 5.94. The number of alkyl halides is 5. The Bertz CT molecular complexity index is 1130. The second kappa shape index (κ2) is 8.14. The summed E-state index contributed by atoms with van der Waals surface area (Å²) in [6, 6.07) is 3.83. The monoisotopic (exact) mass is 470 g/mol. The number of halogens is 5. The predicted molar refractivity (Wildman–Crippen MR) is 94.5 cm³/mol. The molecule has 0 amide bonds. The van der Waals surface area contributed by atoms with Gasteiger partial charge in [-0.05, 0) is 12.1 Å². The van der Waals surface area contributed by atoms with Crippen LogP contribution in [0.4, 0.5) is 27.6 Å². The van der Waals surface area contributed by atoms with Crippen molar-refractivity contribution < 1.29 is 39.5 Å². The molecule has 0 saturated heterocycles. The number of hydrogen-bond acceptors (Lipinski definition) is 8. The fourth-order valence-electron chi connectivity index (χ4n) is 2.27. The van der Waals surface area contributed by atoms with Crippen molar-refractivity contribution in [2.75, 3.05) is 10.6 Å². The van der Waals surface area contributed by atoms with E-state index in [-0.39, 0.29) is 18.1 Å². The Hall–Kier alpha value is -2.81. The fourth-order valence-corrected chi connectivity index (χ4v) is 4.13. The maximum Gasteiger partial charge on any atom is 0.573 e. The van der Waals surface area contributed by atoms with Gasteiger partial charge >= 0.3 is 12.8 Å². The molecule has 162 valence electrons. The summed E-state index contributed by atoms with van der Waals surface area (Å²) in [5, 5.41) is 6.71. The molecule has 3 aromatic rings. The van der Waals surface area contributed by atoms with Crippen LogP contribution in [0, 0.1) is 0 Å². The quantitative estimate of drug-likeness (QED) is 0.482. The van der Waals surface area contributed by atoms with Gasteiger partial charge in [0, 0.05) is 10.9 Å². The van der Waals surface area contributed by atoms with Crippen LogP contribution in [0.15, 0.2) is 35.0 Å². The lowest BCUT2D eigenvalue weighted by Crippen LogP contribution is -2.29. The molecule has 15 heteroatoms. The molecule has 0 bridgehead atoms. The molecule has 0 saturated carbocycles. The summed E-state index contributed by atoms with van der Waals surface area (Å²) >= 11 is 0.985. The predicted octanol–water partition coefficient (Wildman–Crippen LogP) is 4.00. The molecule has 3 aromatic heterocycles. The number of hydrogen-bond donors (Lipinski definition) is 0. The minimum atomic E-state index is -4.97. The normalized spacial score (nSPS) is 12.4. The summed E-state index contributed by atoms with van der Waals surface area (Å²) in [4.78, 5) is 4.32. The van der Waals surface area contributed by atoms with Gasteiger partial charge in [-0.25, -0.2) is 8.42 Å². The summed E-state index contributed by atoms with van der Waals surface area (Å²) in [5.74, 6) is -1.72. The van der Waals surface area contributed by atoms with Crippen LogP contribution in [-0.2, 0) is 16.6 Å². The van der Waals surface area contributed by atoms with Gasteiger partial charge in [0.1, 0.15) is 5.75 Å². The number of sulfonamides is 1. The van der Waals surface area contributed by atoms with Gasteiger partial charge in [0.05, 0.1) is 35.8 Å². The first kappa shape index (κ1) is 21.9. The third-order valence-electron chi connectivity index (χ3n) is 3.42. The highest BCUT2D eigenvalue weighted by Gasteiger charge is 2.32. The second-order valence-electron chi connectivity index (χ2n) is 5.71. The maximum atomic E-state index is 12.6. The molecule has 0 aliphatic rings. The van der Waals surface area contributed by atoms with Crippen molar-refractivity contribution in [3.05, 3.63) is 41.4 Å². The standard InChI is InChI=1S/C15H11F5N4O4S2/c1-30(25,26)24(8-4-9(6-21-5-8)28-15(18,19)20)7-10-2-3-11(29-10)13-22-23-14(27-13)12(16)17/h2-6,12H,7H2,1H3. The first-order valence-corrected chi connectivity index (χ1v) is 10.5. The highest BCUT2D eigenvalue weighted by molar-refractivity contribution is 7.92. The van der Waals surface area contributed by atoms with E-state index in [1.165, 1.54) is 12.1 Å². The molecular formula is C15H11F5N4O4S2. The van der Waals surface area contributed by atoms with Crippen LogP contribution in [-0.4, -0.2) is 36.2 Å². The lowest BCUT2D eigenvalue weighted by molar-refractivity contribution is -0.274. The smallest absolute Gasteiger partial charge is 0.414 e. The van der Waals surface area contributed by atoms with E-state index >= 15 is 0 Å². The zero-order chi connectivity index (χ0) is 22.1. The number of pyridine rings is 1. The second-order valence-corrected chi connectivity index (χ2v) is 8.78. The lowest BCUT2D eigenvalue weighted by atomic mass is 10.3. The Labute approximate surface area is 170 Å². The molecule has 0 unspecified atom stereocenters. The zero-order valence-corrected chi connectivity index (χ0v) is 16.4. The molecule has 0 spiro atoms. The van der Waals surface area contributed by atoms with Gasteiger partial charge in [-0.15, -0.1) is 34.7 Å². The molecule has 0 aromatic carbocycles. The number of nitrogens with zero attached hydrogens (tertiary/aromatic N) is 4. The van der Waals surface area contributed by atoms with Gasteiger partial charge < -0.3 is 9.15 Å². The maximum absolute atomic E-state index is 12.6. The molecule has 0 atom stereocenters. The minimum Gasteiger partial charge on any atom is -0.414 e. The fraction of sp³-hybridized carbons (Fsp3) is 0.267. The van der Waals surface area contributed by atoms with Crippen molar-refractivity contribution in [2.45, 2.75) is 19.3 Å². The number of anilines is 1. The van der Waals surface area contributed by atoms with Gasteiger partial charge in [0.2, 0.25) is 10.0 Å². The Balaban J connectivity index is 1.87. The molecule has 8 nitrogen and oxygen atoms in total. The summed E-state index contributed by atoms with van der Waals surface area (Å²) < 4.78 is 96.2. The van der Waals surface area contributed by atoms with E-state index in [4.69, 9.17) is 4.42 Å². The molecule has 0 radical (unpaired) electrons. The van der Waals surface area contributed by atoms with Crippen molar-refractivity contribution >= 4 is 27.0 Å². The zero-order valence-electron chi connectivity index (χ0n) is 14.8. The van der Waals surface area contributed by atoms with Crippen molar-refractivity contribution in [2.24, 2.45) is 0 Å². The molecule has 0 N–H and O–H groups in total. The van der Waals surface area contributed by atoms with Gasteiger partial charge in [0.25, 0.3) is 11.8 Å². The van der Waals surface area contributed by atoms with E-state index in [1.54, 1.807) is 0 Å². The van der Waals surface area contributed by atoms with E-state index < -0.39 is 34.5 Å². The van der Waals surface area contributed by atoms with Gasteiger partial charge in [-0.1, -0.05) is 0 Å². The first-order valence-electron chi connectivity index (χ1n) is 7.81. The molecule has 0 aliphatic carbocycles. The van der Waals surface area contributed by atoms with Crippen LogP contribution in [0.2, 0.25) is 0 Å². The van der Waals surface area contributed by atoms with E-state index in [2.05, 4.69) is 19.9 Å². The third-order valence-corrected chi connectivity index (χ3v) is 5.62. The molecule has 0 aliphatic heterocycles. The van der Waals surface area contributed by atoms with E-state index in [0.717, 1.165) is 40.4 Å².